The van der Waals surface area contributed by atoms with E-state index < -0.39 is 0 Å². The van der Waals surface area contributed by atoms with Crippen LogP contribution in [0.3, 0.4) is 0 Å². The van der Waals surface area contributed by atoms with Gasteiger partial charge in [-0.3, -0.25) is 0 Å². The van der Waals surface area contributed by atoms with Crippen molar-refractivity contribution in [3.05, 3.63) is 0 Å². The van der Waals surface area contributed by atoms with Crippen LogP contribution in [0.5, 0.6) is 0 Å². The molecular weight excluding hydrogens is 226 g/mol. The summed E-state index contributed by atoms with van der Waals surface area (Å²) in [5.41, 5.74) is 0.535. The molecule has 100 valence electrons. The van der Waals surface area contributed by atoms with E-state index >= 15 is 0 Å². The van der Waals surface area contributed by atoms with Gasteiger partial charge in [0.2, 0.25) is 0 Å². The number of rotatable bonds is 3. The van der Waals surface area contributed by atoms with Gasteiger partial charge in [-0.1, -0.05) is 33.1 Å². The van der Waals surface area contributed by atoms with Crippen molar-refractivity contribution in [1.82, 2.24) is 5.32 Å². The van der Waals surface area contributed by atoms with Crippen molar-refractivity contribution in [2.24, 2.45) is 11.3 Å². The van der Waals surface area contributed by atoms with E-state index in [1.807, 2.05) is 0 Å². The summed E-state index contributed by atoms with van der Waals surface area (Å²) in [6.45, 7) is 7.25. The van der Waals surface area contributed by atoms with Crippen LogP contribution in [0.25, 0.3) is 0 Å². The standard InChI is InChI=1S/C15H29NS/c1-12(13-7-5-4-6-8-13)16-14-9-15(2,3)11-17-10-14/h12-14,16H,4-11H2,1-3H3/t12-,14?/m0/s1. The molecule has 0 radical (unpaired) electrons. The highest BCUT2D eigenvalue weighted by atomic mass is 32.2. The minimum atomic E-state index is 0.535. The van der Waals surface area contributed by atoms with E-state index in [1.165, 1.54) is 50.0 Å². The first kappa shape index (κ1) is 13.7. The summed E-state index contributed by atoms with van der Waals surface area (Å²) in [6, 6.07) is 1.48. The minimum absolute atomic E-state index is 0.535. The molecule has 0 bridgehead atoms. The quantitative estimate of drug-likeness (QED) is 0.815. The Labute approximate surface area is 112 Å². The second-order valence-corrected chi connectivity index (χ2v) is 7.96. The topological polar surface area (TPSA) is 12.0 Å². The predicted octanol–water partition coefficient (Wildman–Crippen LogP) is 4.08. The van der Waals surface area contributed by atoms with Crippen molar-refractivity contribution in [3.8, 4) is 0 Å². The molecule has 1 aliphatic heterocycles. The number of hydrogen-bond acceptors (Lipinski definition) is 2. The van der Waals surface area contributed by atoms with Gasteiger partial charge in [0, 0.05) is 17.8 Å². The van der Waals surface area contributed by atoms with Crippen LogP contribution in [0.1, 0.15) is 59.3 Å². The lowest BCUT2D eigenvalue weighted by atomic mass is 9.83. The molecule has 2 aliphatic rings. The number of nitrogens with one attached hydrogen (secondary N) is 1. The fourth-order valence-electron chi connectivity index (χ4n) is 3.51. The highest BCUT2D eigenvalue weighted by Crippen LogP contribution is 2.34. The van der Waals surface area contributed by atoms with Gasteiger partial charge < -0.3 is 5.32 Å². The van der Waals surface area contributed by atoms with Crippen LogP contribution >= 0.6 is 11.8 Å². The van der Waals surface area contributed by atoms with Gasteiger partial charge in [-0.15, -0.1) is 0 Å². The molecule has 1 unspecified atom stereocenters. The molecule has 2 fully saturated rings. The monoisotopic (exact) mass is 255 g/mol. The minimum Gasteiger partial charge on any atom is -0.310 e. The van der Waals surface area contributed by atoms with Crippen molar-refractivity contribution < 1.29 is 0 Å². The average molecular weight is 255 g/mol. The van der Waals surface area contributed by atoms with Gasteiger partial charge in [0.1, 0.15) is 0 Å². The molecule has 1 nitrogen and oxygen atoms in total. The molecule has 1 N–H and O–H groups in total. The fourth-order valence-corrected chi connectivity index (χ4v) is 4.80. The van der Waals surface area contributed by atoms with Gasteiger partial charge in [0.15, 0.2) is 0 Å². The Hall–Kier alpha value is 0.310. The SMILES string of the molecule is C[C@H](NC1CSCC(C)(C)C1)C1CCCCC1. The van der Waals surface area contributed by atoms with Crippen LogP contribution in [0.15, 0.2) is 0 Å². The lowest BCUT2D eigenvalue weighted by Crippen LogP contribution is -2.47. The molecule has 0 aromatic rings. The zero-order chi connectivity index (χ0) is 12.3. The zero-order valence-corrected chi connectivity index (χ0v) is 12.6. The maximum atomic E-state index is 3.92. The van der Waals surface area contributed by atoms with Crippen LogP contribution in [-0.4, -0.2) is 23.6 Å². The van der Waals surface area contributed by atoms with Gasteiger partial charge in [0.05, 0.1) is 0 Å². The summed E-state index contributed by atoms with van der Waals surface area (Å²) in [6.07, 6.45) is 8.66. The van der Waals surface area contributed by atoms with E-state index in [4.69, 9.17) is 0 Å². The highest BCUT2D eigenvalue weighted by molar-refractivity contribution is 7.99. The van der Waals surface area contributed by atoms with Gasteiger partial charge in [-0.25, -0.2) is 0 Å². The third-order valence-corrected chi connectivity index (χ3v) is 6.09. The van der Waals surface area contributed by atoms with Crippen molar-refractivity contribution in [1.29, 1.82) is 0 Å². The first-order chi connectivity index (χ1) is 8.07. The first-order valence-electron chi connectivity index (χ1n) is 7.41. The molecule has 0 amide bonds. The van der Waals surface area contributed by atoms with Crippen molar-refractivity contribution in [3.63, 3.8) is 0 Å². The van der Waals surface area contributed by atoms with Gasteiger partial charge in [-0.05, 0) is 43.3 Å². The average Bonchev–Trinajstić information content (AvgIpc) is 2.29. The van der Waals surface area contributed by atoms with E-state index in [-0.39, 0.29) is 0 Å². The molecule has 1 heterocycles. The Balaban J connectivity index is 1.79. The molecule has 0 spiro atoms. The second kappa shape index (κ2) is 5.97. The summed E-state index contributed by atoms with van der Waals surface area (Å²) in [7, 11) is 0. The summed E-state index contributed by atoms with van der Waals surface area (Å²) >= 11 is 2.14. The maximum absolute atomic E-state index is 3.92. The molecule has 0 aromatic carbocycles. The van der Waals surface area contributed by atoms with E-state index in [2.05, 4.69) is 37.8 Å². The van der Waals surface area contributed by atoms with E-state index in [0.29, 0.717) is 5.41 Å². The van der Waals surface area contributed by atoms with E-state index in [1.54, 1.807) is 0 Å². The lowest BCUT2D eigenvalue weighted by Gasteiger charge is -2.38. The molecule has 2 heteroatoms. The van der Waals surface area contributed by atoms with E-state index in [0.717, 1.165) is 18.0 Å². The fraction of sp³-hybridized carbons (Fsp3) is 1.00. The largest absolute Gasteiger partial charge is 0.310 e. The van der Waals surface area contributed by atoms with Crippen LogP contribution in [0.2, 0.25) is 0 Å². The molecule has 2 atom stereocenters. The third kappa shape index (κ3) is 4.17. The van der Waals surface area contributed by atoms with Gasteiger partial charge >= 0.3 is 0 Å². The lowest BCUT2D eigenvalue weighted by molar-refractivity contribution is 0.239. The molecule has 0 aromatic heterocycles. The Bertz CT molecular complexity index is 233. The van der Waals surface area contributed by atoms with Crippen molar-refractivity contribution in [2.75, 3.05) is 11.5 Å². The number of hydrogen-bond donors (Lipinski definition) is 1. The molecule has 1 saturated heterocycles. The van der Waals surface area contributed by atoms with E-state index in [9.17, 15) is 0 Å². The summed E-state index contributed by atoms with van der Waals surface area (Å²) in [5, 5.41) is 3.92. The first-order valence-corrected chi connectivity index (χ1v) is 8.56. The Morgan fingerprint density at radius 1 is 1.18 bits per heavy atom. The van der Waals surface area contributed by atoms with Crippen LogP contribution < -0.4 is 5.32 Å². The van der Waals surface area contributed by atoms with Crippen LogP contribution in [-0.2, 0) is 0 Å². The Morgan fingerprint density at radius 3 is 2.53 bits per heavy atom. The maximum Gasteiger partial charge on any atom is 0.0166 e. The summed E-state index contributed by atoms with van der Waals surface area (Å²) in [5.74, 6) is 3.60. The van der Waals surface area contributed by atoms with Crippen molar-refractivity contribution >= 4 is 11.8 Å². The Kier molecular flexibility index (Phi) is 4.82. The van der Waals surface area contributed by atoms with Crippen LogP contribution in [0.4, 0.5) is 0 Å². The number of thioether (sulfide) groups is 1. The Morgan fingerprint density at radius 2 is 1.88 bits per heavy atom. The molecule has 17 heavy (non-hydrogen) atoms. The molecule has 2 rings (SSSR count). The van der Waals surface area contributed by atoms with Gasteiger partial charge in [-0.2, -0.15) is 11.8 Å². The smallest absolute Gasteiger partial charge is 0.0166 e. The zero-order valence-electron chi connectivity index (χ0n) is 11.8. The summed E-state index contributed by atoms with van der Waals surface area (Å²) in [4.78, 5) is 0. The molecule has 1 aliphatic carbocycles. The normalized spacial score (nSPS) is 32.3. The second-order valence-electron chi connectivity index (χ2n) is 6.93. The summed E-state index contributed by atoms with van der Waals surface area (Å²) < 4.78 is 0. The third-order valence-electron chi connectivity index (χ3n) is 4.47. The van der Waals surface area contributed by atoms with Crippen LogP contribution in [0, 0.1) is 11.3 Å². The molecular formula is C15H29NS. The van der Waals surface area contributed by atoms with Crippen molar-refractivity contribution in [2.45, 2.75) is 71.4 Å². The highest BCUT2D eigenvalue weighted by Gasteiger charge is 2.30. The molecule has 1 saturated carbocycles. The van der Waals surface area contributed by atoms with Gasteiger partial charge in [0.25, 0.3) is 0 Å². The predicted molar refractivity (Wildman–Crippen MR) is 78.7 cm³/mol.